The topological polar surface area (TPSA) is 84.5 Å². The van der Waals surface area contributed by atoms with E-state index < -0.39 is 0 Å². The van der Waals surface area contributed by atoms with Gasteiger partial charge in [0.2, 0.25) is 5.91 Å². The van der Waals surface area contributed by atoms with E-state index in [-0.39, 0.29) is 30.6 Å². The van der Waals surface area contributed by atoms with Crippen molar-refractivity contribution in [3.63, 3.8) is 0 Å². The van der Waals surface area contributed by atoms with E-state index in [1.807, 2.05) is 0 Å². The molecule has 0 unspecified atom stereocenters. The van der Waals surface area contributed by atoms with Crippen molar-refractivity contribution < 1.29 is 19.1 Å². The summed E-state index contributed by atoms with van der Waals surface area (Å²) < 4.78 is 4.77. The van der Waals surface area contributed by atoms with Crippen molar-refractivity contribution in [2.45, 2.75) is 20.3 Å². The summed E-state index contributed by atoms with van der Waals surface area (Å²) in [6.07, 6.45) is 0.213. The summed E-state index contributed by atoms with van der Waals surface area (Å²) in [6.45, 7) is 3.96. The van der Waals surface area contributed by atoms with Crippen LogP contribution in [0.2, 0.25) is 0 Å². The third kappa shape index (κ3) is 6.18. The van der Waals surface area contributed by atoms with Crippen molar-refractivity contribution in [2.24, 2.45) is 0 Å². The Labute approximate surface area is 123 Å². The van der Waals surface area contributed by atoms with Crippen LogP contribution in [0.15, 0.2) is 24.3 Å². The van der Waals surface area contributed by atoms with Gasteiger partial charge in [0.15, 0.2) is 5.78 Å². The lowest BCUT2D eigenvalue weighted by molar-refractivity contribution is -0.143. The Kier molecular flexibility index (Phi) is 7.11. The summed E-state index contributed by atoms with van der Waals surface area (Å²) in [5.74, 6) is -0.680. The predicted octanol–water partition coefficient (Wildman–Crippen LogP) is 1.37. The van der Waals surface area contributed by atoms with Gasteiger partial charge in [-0.05, 0) is 26.0 Å². The second-order valence-electron chi connectivity index (χ2n) is 4.38. The quantitative estimate of drug-likeness (QED) is 0.429. The second kappa shape index (κ2) is 8.86. The molecule has 0 spiro atoms. The molecule has 2 N–H and O–H groups in total. The monoisotopic (exact) mass is 292 g/mol. The number of ether oxygens (including phenoxy) is 1. The molecule has 0 aliphatic carbocycles. The smallest absolute Gasteiger partial charge is 0.307 e. The zero-order valence-electron chi connectivity index (χ0n) is 12.3. The minimum Gasteiger partial charge on any atom is -0.466 e. The van der Waals surface area contributed by atoms with Crippen LogP contribution < -0.4 is 10.6 Å². The van der Waals surface area contributed by atoms with E-state index in [9.17, 15) is 14.4 Å². The molecule has 21 heavy (non-hydrogen) atoms. The fourth-order valence-corrected chi connectivity index (χ4v) is 1.72. The average molecular weight is 292 g/mol. The molecule has 1 amide bonds. The average Bonchev–Trinajstić information content (AvgIpc) is 2.44. The van der Waals surface area contributed by atoms with Crippen LogP contribution in [0.4, 0.5) is 5.69 Å². The molecule has 0 aromatic heterocycles. The van der Waals surface area contributed by atoms with E-state index in [4.69, 9.17) is 4.74 Å². The van der Waals surface area contributed by atoms with E-state index >= 15 is 0 Å². The lowest BCUT2D eigenvalue weighted by atomic mass is 10.1. The third-order valence-electron chi connectivity index (χ3n) is 2.68. The lowest BCUT2D eigenvalue weighted by Crippen LogP contribution is -2.30. The number of ketones is 1. The van der Waals surface area contributed by atoms with E-state index in [2.05, 4.69) is 10.6 Å². The number of hydrogen-bond donors (Lipinski definition) is 2. The molecule has 114 valence electrons. The SMILES string of the molecule is CCOC(=O)CCNCC(=O)Nc1ccccc1C(C)=O. The molecule has 0 atom stereocenters. The number of amides is 1. The predicted molar refractivity (Wildman–Crippen MR) is 79.2 cm³/mol. The van der Waals surface area contributed by atoms with Crippen LogP contribution in [0.1, 0.15) is 30.6 Å². The number of Topliss-reactive ketones (excluding diaryl/α,β-unsaturated/α-hetero) is 1. The Bertz CT molecular complexity index is 514. The zero-order chi connectivity index (χ0) is 15.7. The van der Waals surface area contributed by atoms with Crippen LogP contribution >= 0.6 is 0 Å². The van der Waals surface area contributed by atoms with Crippen molar-refractivity contribution in [1.82, 2.24) is 5.32 Å². The first-order chi connectivity index (χ1) is 10.0. The number of benzene rings is 1. The van der Waals surface area contributed by atoms with Gasteiger partial charge < -0.3 is 15.4 Å². The molecular weight excluding hydrogens is 272 g/mol. The first kappa shape index (κ1) is 16.8. The molecule has 1 rings (SSSR count). The largest absolute Gasteiger partial charge is 0.466 e. The molecule has 0 fully saturated rings. The molecule has 1 aromatic rings. The highest BCUT2D eigenvalue weighted by Crippen LogP contribution is 2.15. The number of carbonyl (C=O) groups is 3. The van der Waals surface area contributed by atoms with Gasteiger partial charge in [-0.25, -0.2) is 0 Å². The highest BCUT2D eigenvalue weighted by molar-refractivity contribution is 6.04. The summed E-state index contributed by atoms with van der Waals surface area (Å²) >= 11 is 0. The number of carbonyl (C=O) groups excluding carboxylic acids is 3. The van der Waals surface area contributed by atoms with Crippen molar-refractivity contribution in [2.75, 3.05) is 25.0 Å². The summed E-state index contributed by atoms with van der Waals surface area (Å²) in [5.41, 5.74) is 0.958. The molecule has 0 aliphatic rings. The normalized spacial score (nSPS) is 10.0. The van der Waals surface area contributed by atoms with Gasteiger partial charge in [-0.2, -0.15) is 0 Å². The molecule has 6 heteroatoms. The Balaban J connectivity index is 2.38. The maximum atomic E-state index is 11.8. The Morgan fingerprint density at radius 3 is 2.57 bits per heavy atom. The summed E-state index contributed by atoms with van der Waals surface area (Å²) in [5, 5.41) is 5.51. The van der Waals surface area contributed by atoms with Gasteiger partial charge in [0, 0.05) is 12.1 Å². The van der Waals surface area contributed by atoms with Crippen LogP contribution in [0.5, 0.6) is 0 Å². The van der Waals surface area contributed by atoms with Crippen molar-refractivity contribution in [1.29, 1.82) is 0 Å². The first-order valence-electron chi connectivity index (χ1n) is 6.80. The molecule has 0 saturated heterocycles. The highest BCUT2D eigenvalue weighted by Gasteiger charge is 2.09. The van der Waals surface area contributed by atoms with Crippen LogP contribution in [0, 0.1) is 0 Å². The van der Waals surface area contributed by atoms with Crippen LogP contribution in [-0.2, 0) is 14.3 Å². The van der Waals surface area contributed by atoms with Gasteiger partial charge in [-0.15, -0.1) is 0 Å². The van der Waals surface area contributed by atoms with Crippen molar-refractivity contribution in [3.8, 4) is 0 Å². The highest BCUT2D eigenvalue weighted by atomic mass is 16.5. The van der Waals surface area contributed by atoms with Gasteiger partial charge in [0.1, 0.15) is 0 Å². The summed E-state index contributed by atoms with van der Waals surface area (Å²) in [7, 11) is 0. The minimum atomic E-state index is -0.299. The molecule has 0 heterocycles. The van der Waals surface area contributed by atoms with Gasteiger partial charge in [0.25, 0.3) is 0 Å². The van der Waals surface area contributed by atoms with E-state index in [0.717, 1.165) is 0 Å². The molecular formula is C15H20N2O4. The van der Waals surface area contributed by atoms with E-state index in [1.54, 1.807) is 31.2 Å². The zero-order valence-corrected chi connectivity index (χ0v) is 12.3. The molecule has 0 aliphatic heterocycles. The van der Waals surface area contributed by atoms with Gasteiger partial charge in [-0.3, -0.25) is 14.4 Å². The Morgan fingerprint density at radius 2 is 1.90 bits per heavy atom. The number of nitrogens with one attached hydrogen (secondary N) is 2. The maximum Gasteiger partial charge on any atom is 0.307 e. The van der Waals surface area contributed by atoms with Crippen LogP contribution in [-0.4, -0.2) is 37.4 Å². The molecule has 0 bridgehead atoms. The first-order valence-corrected chi connectivity index (χ1v) is 6.80. The third-order valence-corrected chi connectivity index (χ3v) is 2.68. The minimum absolute atomic E-state index is 0.0612. The number of rotatable bonds is 8. The Hall–Kier alpha value is -2.21. The van der Waals surface area contributed by atoms with Gasteiger partial charge >= 0.3 is 5.97 Å². The number of esters is 1. The molecule has 6 nitrogen and oxygen atoms in total. The molecule has 0 saturated carbocycles. The molecule has 1 aromatic carbocycles. The number of anilines is 1. The summed E-state index contributed by atoms with van der Waals surface area (Å²) in [6, 6.07) is 6.82. The van der Waals surface area contributed by atoms with Crippen LogP contribution in [0.3, 0.4) is 0 Å². The second-order valence-corrected chi connectivity index (χ2v) is 4.38. The van der Waals surface area contributed by atoms with Crippen LogP contribution in [0.25, 0.3) is 0 Å². The number of para-hydroxylation sites is 1. The Morgan fingerprint density at radius 1 is 1.19 bits per heavy atom. The van der Waals surface area contributed by atoms with Gasteiger partial charge in [0.05, 0.1) is 25.3 Å². The van der Waals surface area contributed by atoms with Gasteiger partial charge in [-0.1, -0.05) is 12.1 Å². The van der Waals surface area contributed by atoms with E-state index in [0.29, 0.717) is 24.4 Å². The summed E-state index contributed by atoms with van der Waals surface area (Å²) in [4.78, 5) is 34.3. The number of hydrogen-bond acceptors (Lipinski definition) is 5. The van der Waals surface area contributed by atoms with Crippen molar-refractivity contribution >= 4 is 23.3 Å². The lowest BCUT2D eigenvalue weighted by Gasteiger charge is -2.09. The fraction of sp³-hybridized carbons (Fsp3) is 0.400. The van der Waals surface area contributed by atoms with E-state index in [1.165, 1.54) is 6.92 Å². The van der Waals surface area contributed by atoms with Crippen molar-refractivity contribution in [3.05, 3.63) is 29.8 Å². The molecule has 0 radical (unpaired) electrons. The maximum absolute atomic E-state index is 11.8. The standard InChI is InChI=1S/C15H20N2O4/c1-3-21-15(20)8-9-16-10-14(19)17-13-7-5-4-6-12(13)11(2)18/h4-7,16H,3,8-10H2,1-2H3,(H,17,19). The fourth-order valence-electron chi connectivity index (χ4n) is 1.72.